The van der Waals surface area contributed by atoms with Crippen LogP contribution in [0.25, 0.3) is 22.5 Å². The minimum Gasteiger partial charge on any atom is -0.463 e. The Morgan fingerprint density at radius 3 is 2.79 bits per heavy atom. The fraction of sp³-hybridized carbons (Fsp3) is 0.150. The highest BCUT2D eigenvalue weighted by atomic mass is 35.5. The molecule has 148 valence electrons. The van der Waals surface area contributed by atoms with Crippen molar-refractivity contribution in [2.24, 2.45) is 0 Å². The number of hydrogen-bond acceptors (Lipinski definition) is 4. The maximum Gasteiger partial charge on any atom is 0.264 e. The molecule has 0 aliphatic heterocycles. The van der Waals surface area contributed by atoms with Crippen molar-refractivity contribution in [3.8, 4) is 11.5 Å². The summed E-state index contributed by atoms with van der Waals surface area (Å²) in [6.45, 7) is 1.40. The van der Waals surface area contributed by atoms with Gasteiger partial charge in [0.05, 0.1) is 17.3 Å². The zero-order valence-corrected chi connectivity index (χ0v) is 16.0. The zero-order valence-electron chi connectivity index (χ0n) is 15.2. The molecule has 29 heavy (non-hydrogen) atoms. The topological polar surface area (TPSA) is 73.0 Å². The molecule has 0 radical (unpaired) electrons. The quantitative estimate of drug-likeness (QED) is 0.483. The number of furan rings is 1. The number of amides is 1. The van der Waals surface area contributed by atoms with Gasteiger partial charge in [0, 0.05) is 16.3 Å². The van der Waals surface area contributed by atoms with E-state index in [9.17, 15) is 13.6 Å². The number of halogens is 3. The number of alkyl halides is 2. The van der Waals surface area contributed by atoms with Gasteiger partial charge in [0.25, 0.3) is 6.43 Å². The van der Waals surface area contributed by atoms with Gasteiger partial charge in [-0.1, -0.05) is 17.7 Å². The number of hydrogen-bond donors (Lipinski definition) is 1. The summed E-state index contributed by atoms with van der Waals surface area (Å²) in [5, 5.41) is 7.67. The molecule has 1 amide bonds. The minimum atomic E-state index is -2.73. The molecule has 0 saturated carbocycles. The Labute approximate surface area is 169 Å². The van der Waals surface area contributed by atoms with Crippen LogP contribution >= 0.6 is 11.6 Å². The molecule has 6 nitrogen and oxygen atoms in total. The molecule has 0 fully saturated rings. The number of rotatable bonds is 5. The predicted molar refractivity (Wildman–Crippen MR) is 105 cm³/mol. The molecule has 0 bridgehead atoms. The second kappa shape index (κ2) is 7.63. The van der Waals surface area contributed by atoms with E-state index < -0.39 is 6.43 Å². The summed E-state index contributed by atoms with van der Waals surface area (Å²) < 4.78 is 34.0. The molecule has 0 unspecified atom stereocenters. The Hall–Kier alpha value is -3.26. The van der Waals surface area contributed by atoms with Gasteiger partial charge >= 0.3 is 0 Å². The average molecular weight is 417 g/mol. The van der Waals surface area contributed by atoms with E-state index in [1.54, 1.807) is 43.3 Å². The molecule has 4 rings (SSSR count). The number of fused-ring (bicyclic) bond motifs is 1. The van der Waals surface area contributed by atoms with Crippen LogP contribution in [0.15, 0.2) is 53.1 Å². The Balaban J connectivity index is 1.73. The molecule has 3 heterocycles. The summed E-state index contributed by atoms with van der Waals surface area (Å²) in [6, 6.07) is 11.3. The first-order chi connectivity index (χ1) is 13.9. The van der Waals surface area contributed by atoms with E-state index in [1.807, 2.05) is 0 Å². The summed E-state index contributed by atoms with van der Waals surface area (Å²) in [5.74, 6) is -0.0388. The highest BCUT2D eigenvalue weighted by molar-refractivity contribution is 6.30. The van der Waals surface area contributed by atoms with Crippen LogP contribution in [0.5, 0.6) is 0 Å². The minimum absolute atomic E-state index is 0.188. The smallest absolute Gasteiger partial charge is 0.264 e. The number of anilines is 1. The van der Waals surface area contributed by atoms with Crippen LogP contribution in [0.4, 0.5) is 14.5 Å². The van der Waals surface area contributed by atoms with Crippen molar-refractivity contribution >= 4 is 34.2 Å². The van der Waals surface area contributed by atoms with Crippen LogP contribution in [-0.2, 0) is 11.3 Å². The Bertz CT molecular complexity index is 1190. The Morgan fingerprint density at radius 2 is 2.10 bits per heavy atom. The van der Waals surface area contributed by atoms with Crippen molar-refractivity contribution in [1.29, 1.82) is 0 Å². The van der Waals surface area contributed by atoms with Crippen LogP contribution in [0.1, 0.15) is 17.7 Å². The number of carbonyl (C=O) groups excluding carboxylic acids is 1. The van der Waals surface area contributed by atoms with Gasteiger partial charge in [-0.15, -0.1) is 0 Å². The van der Waals surface area contributed by atoms with Crippen molar-refractivity contribution < 1.29 is 18.0 Å². The zero-order chi connectivity index (χ0) is 20.5. The molecule has 1 aromatic carbocycles. The molecule has 0 atom stereocenters. The first-order valence-electron chi connectivity index (χ1n) is 8.68. The lowest BCUT2D eigenvalue weighted by molar-refractivity contribution is -0.116. The number of nitrogens with zero attached hydrogens (tertiary/aromatic N) is 3. The fourth-order valence-electron chi connectivity index (χ4n) is 3.12. The van der Waals surface area contributed by atoms with Crippen LogP contribution in [-0.4, -0.2) is 20.7 Å². The van der Waals surface area contributed by atoms with E-state index in [4.69, 9.17) is 16.0 Å². The van der Waals surface area contributed by atoms with E-state index in [0.717, 1.165) is 0 Å². The number of aromatic nitrogens is 3. The van der Waals surface area contributed by atoms with Crippen molar-refractivity contribution in [3.05, 3.63) is 65.0 Å². The molecule has 1 N–H and O–H groups in total. The number of carbonyl (C=O) groups is 1. The van der Waals surface area contributed by atoms with Gasteiger partial charge in [0.2, 0.25) is 5.91 Å². The molecule has 4 aromatic rings. The lowest BCUT2D eigenvalue weighted by atomic mass is 10.1. The van der Waals surface area contributed by atoms with Gasteiger partial charge in [0.1, 0.15) is 12.2 Å². The van der Waals surface area contributed by atoms with Gasteiger partial charge in [-0.25, -0.2) is 18.4 Å². The summed E-state index contributed by atoms with van der Waals surface area (Å²) >= 11 is 5.92. The summed E-state index contributed by atoms with van der Waals surface area (Å²) in [4.78, 5) is 16.9. The maximum atomic E-state index is 13.7. The molecular weight excluding hydrogens is 402 g/mol. The van der Waals surface area contributed by atoms with Gasteiger partial charge in [-0.05, 0) is 43.3 Å². The normalized spacial score (nSPS) is 11.3. The molecule has 0 spiro atoms. The van der Waals surface area contributed by atoms with Gasteiger partial charge in [0.15, 0.2) is 11.4 Å². The van der Waals surface area contributed by atoms with Gasteiger partial charge in [-0.2, -0.15) is 5.10 Å². The standard InChI is InChI=1S/C20H15ClF2N4O2/c1-11-18-14(19(22)23)9-15(16-6-3-7-29-16)25-20(18)27(26-11)10-17(28)24-13-5-2-4-12(21)8-13/h2-9,19H,10H2,1H3,(H,24,28). The molecular formula is C20H15ClF2N4O2. The molecule has 3 aromatic heterocycles. The lowest BCUT2D eigenvalue weighted by Crippen LogP contribution is -2.19. The van der Waals surface area contributed by atoms with Gasteiger partial charge < -0.3 is 9.73 Å². The molecule has 0 aliphatic rings. The van der Waals surface area contributed by atoms with Crippen molar-refractivity contribution in [3.63, 3.8) is 0 Å². The summed E-state index contributed by atoms with van der Waals surface area (Å²) in [5.41, 5.74) is 1.11. The first-order valence-corrected chi connectivity index (χ1v) is 9.05. The van der Waals surface area contributed by atoms with Crippen molar-refractivity contribution in [2.75, 3.05) is 5.32 Å². The highest BCUT2D eigenvalue weighted by Crippen LogP contribution is 2.33. The van der Waals surface area contributed by atoms with E-state index in [-0.39, 0.29) is 34.7 Å². The second-order valence-electron chi connectivity index (χ2n) is 6.37. The third-order valence-corrected chi connectivity index (χ3v) is 4.55. The second-order valence-corrected chi connectivity index (χ2v) is 6.81. The third kappa shape index (κ3) is 3.84. The largest absolute Gasteiger partial charge is 0.463 e. The summed E-state index contributed by atoms with van der Waals surface area (Å²) in [7, 11) is 0. The van der Waals surface area contributed by atoms with E-state index in [2.05, 4.69) is 15.4 Å². The van der Waals surface area contributed by atoms with Crippen molar-refractivity contribution in [2.45, 2.75) is 19.9 Å². The average Bonchev–Trinajstić information content (AvgIpc) is 3.30. The van der Waals surface area contributed by atoms with Crippen molar-refractivity contribution in [1.82, 2.24) is 14.8 Å². The number of nitrogens with one attached hydrogen (secondary N) is 1. The highest BCUT2D eigenvalue weighted by Gasteiger charge is 2.22. The van der Waals surface area contributed by atoms with E-state index in [1.165, 1.54) is 17.0 Å². The van der Waals surface area contributed by atoms with Crippen LogP contribution in [0.3, 0.4) is 0 Å². The first kappa shape index (κ1) is 19.1. The van der Waals surface area contributed by atoms with Crippen LogP contribution in [0.2, 0.25) is 5.02 Å². The number of benzene rings is 1. The van der Waals surface area contributed by atoms with Crippen LogP contribution < -0.4 is 5.32 Å². The predicted octanol–water partition coefficient (Wildman–Crippen LogP) is 5.23. The number of aryl methyl sites for hydroxylation is 1. The third-order valence-electron chi connectivity index (χ3n) is 4.32. The van der Waals surface area contributed by atoms with E-state index >= 15 is 0 Å². The van der Waals surface area contributed by atoms with Gasteiger partial charge in [-0.3, -0.25) is 4.79 Å². The fourth-order valence-corrected chi connectivity index (χ4v) is 3.31. The molecule has 9 heteroatoms. The molecule has 0 saturated heterocycles. The Kier molecular flexibility index (Phi) is 5.02. The SMILES string of the molecule is Cc1nn(CC(=O)Nc2cccc(Cl)c2)c2nc(-c3ccco3)cc(C(F)F)c12. The maximum absolute atomic E-state index is 13.7. The lowest BCUT2D eigenvalue weighted by Gasteiger charge is -2.08. The molecule has 0 aliphatic carbocycles. The Morgan fingerprint density at radius 1 is 1.28 bits per heavy atom. The summed E-state index contributed by atoms with van der Waals surface area (Å²) in [6.07, 6.45) is -1.30. The monoisotopic (exact) mass is 416 g/mol. The van der Waals surface area contributed by atoms with Crippen LogP contribution in [0, 0.1) is 6.92 Å². The number of pyridine rings is 1. The van der Waals surface area contributed by atoms with E-state index in [0.29, 0.717) is 22.2 Å².